The molecule has 2 rings (SSSR count). The van der Waals surface area contributed by atoms with E-state index < -0.39 is 0 Å². The summed E-state index contributed by atoms with van der Waals surface area (Å²) < 4.78 is 1.12. The van der Waals surface area contributed by atoms with Gasteiger partial charge in [0, 0.05) is 11.1 Å². The van der Waals surface area contributed by atoms with E-state index in [1.165, 1.54) is 18.4 Å². The minimum atomic E-state index is 0.282. The van der Waals surface area contributed by atoms with Gasteiger partial charge in [0.25, 0.3) is 0 Å². The summed E-state index contributed by atoms with van der Waals surface area (Å²) in [6, 6.07) is 8.57. The lowest BCUT2D eigenvalue weighted by molar-refractivity contribution is 0.233. The minimum absolute atomic E-state index is 0.282. The smallest absolute Gasteiger partial charge is 0.0436 e. The normalized spacial score (nSPS) is 19.2. The third kappa shape index (κ3) is 3.54. The second-order valence-corrected chi connectivity index (χ2v) is 5.67. The molecule has 2 N–H and O–H groups in total. The first-order valence-electron chi connectivity index (χ1n) is 6.38. The highest BCUT2D eigenvalue weighted by Crippen LogP contribution is 2.34. The Morgan fingerprint density at radius 3 is 2.47 bits per heavy atom. The van der Waals surface area contributed by atoms with Gasteiger partial charge < -0.3 is 10.4 Å². The number of halogens is 1. The highest BCUT2D eigenvalue weighted by atomic mass is 79.9. The predicted octanol–water partition coefficient (Wildman–Crippen LogP) is 2.91. The number of nitrogens with one attached hydrogen (secondary N) is 1. The molecule has 0 spiro atoms. The number of rotatable bonds is 4. The van der Waals surface area contributed by atoms with Gasteiger partial charge in [0.15, 0.2) is 0 Å². The number of hydrogen-bond acceptors (Lipinski definition) is 2. The Morgan fingerprint density at radius 1 is 1.24 bits per heavy atom. The Bertz CT molecular complexity index is 333. The molecule has 1 fully saturated rings. The fraction of sp³-hybridized carbons (Fsp3) is 0.571. The van der Waals surface area contributed by atoms with E-state index in [0.29, 0.717) is 11.8 Å². The zero-order chi connectivity index (χ0) is 12.1. The molecule has 0 amide bonds. The standard InChI is InChI=1S/C14H20BrNO/c15-13-3-1-11(2-4-13)14(7-10-17)12-5-8-16-9-6-12/h1-4,12,14,16-17H,5-10H2. The number of benzene rings is 1. The van der Waals surface area contributed by atoms with Gasteiger partial charge in [-0.15, -0.1) is 0 Å². The van der Waals surface area contributed by atoms with Gasteiger partial charge in [-0.1, -0.05) is 28.1 Å². The van der Waals surface area contributed by atoms with Crippen molar-refractivity contribution in [3.8, 4) is 0 Å². The van der Waals surface area contributed by atoms with E-state index in [4.69, 9.17) is 0 Å². The molecule has 1 aliphatic rings. The van der Waals surface area contributed by atoms with Gasteiger partial charge >= 0.3 is 0 Å². The van der Waals surface area contributed by atoms with Crippen LogP contribution in [0, 0.1) is 5.92 Å². The number of piperidine rings is 1. The molecule has 1 saturated heterocycles. The summed E-state index contributed by atoms with van der Waals surface area (Å²) >= 11 is 3.47. The molecule has 94 valence electrons. The molecule has 1 aromatic rings. The highest BCUT2D eigenvalue weighted by molar-refractivity contribution is 9.10. The van der Waals surface area contributed by atoms with Gasteiger partial charge in [0.05, 0.1) is 0 Å². The van der Waals surface area contributed by atoms with Gasteiger partial charge in [0.2, 0.25) is 0 Å². The molecule has 0 aliphatic carbocycles. The van der Waals surface area contributed by atoms with Crippen molar-refractivity contribution in [2.75, 3.05) is 19.7 Å². The largest absolute Gasteiger partial charge is 0.396 e. The average Bonchev–Trinajstić information content (AvgIpc) is 2.38. The van der Waals surface area contributed by atoms with Crippen LogP contribution >= 0.6 is 15.9 Å². The minimum Gasteiger partial charge on any atom is -0.396 e. The number of aliphatic hydroxyl groups is 1. The lowest BCUT2D eigenvalue weighted by Crippen LogP contribution is -2.31. The zero-order valence-electron chi connectivity index (χ0n) is 10.0. The first kappa shape index (κ1) is 13.1. The second kappa shape index (κ2) is 6.53. The van der Waals surface area contributed by atoms with E-state index >= 15 is 0 Å². The third-order valence-electron chi connectivity index (χ3n) is 3.69. The summed E-state index contributed by atoms with van der Waals surface area (Å²) in [6.07, 6.45) is 3.33. The molecule has 1 unspecified atom stereocenters. The molecule has 17 heavy (non-hydrogen) atoms. The molecule has 0 radical (unpaired) electrons. The van der Waals surface area contributed by atoms with Crippen molar-refractivity contribution in [3.05, 3.63) is 34.3 Å². The molecule has 1 atom stereocenters. The first-order valence-corrected chi connectivity index (χ1v) is 7.17. The van der Waals surface area contributed by atoms with E-state index in [-0.39, 0.29) is 6.61 Å². The maximum atomic E-state index is 9.26. The highest BCUT2D eigenvalue weighted by Gasteiger charge is 2.24. The quantitative estimate of drug-likeness (QED) is 0.896. The average molecular weight is 298 g/mol. The van der Waals surface area contributed by atoms with Gasteiger partial charge in [-0.25, -0.2) is 0 Å². The molecule has 3 heteroatoms. The fourth-order valence-electron chi connectivity index (χ4n) is 2.77. The van der Waals surface area contributed by atoms with E-state index in [1.807, 2.05) is 0 Å². The van der Waals surface area contributed by atoms with E-state index in [2.05, 4.69) is 45.5 Å². The Kier molecular flexibility index (Phi) is 5.01. The summed E-state index contributed by atoms with van der Waals surface area (Å²) in [5, 5.41) is 12.7. The first-order chi connectivity index (χ1) is 8.31. The predicted molar refractivity (Wildman–Crippen MR) is 74.2 cm³/mol. The molecular weight excluding hydrogens is 278 g/mol. The van der Waals surface area contributed by atoms with Crippen LogP contribution in [0.4, 0.5) is 0 Å². The maximum absolute atomic E-state index is 9.26. The van der Waals surface area contributed by atoms with Gasteiger partial charge in [-0.2, -0.15) is 0 Å². The van der Waals surface area contributed by atoms with Gasteiger partial charge in [-0.3, -0.25) is 0 Å². The van der Waals surface area contributed by atoms with Crippen LogP contribution in [0.15, 0.2) is 28.7 Å². The lowest BCUT2D eigenvalue weighted by Gasteiger charge is -2.30. The van der Waals surface area contributed by atoms with Crippen LogP contribution in [0.25, 0.3) is 0 Å². The molecule has 0 bridgehead atoms. The van der Waals surface area contributed by atoms with Crippen molar-refractivity contribution < 1.29 is 5.11 Å². The van der Waals surface area contributed by atoms with Crippen LogP contribution in [-0.2, 0) is 0 Å². The van der Waals surface area contributed by atoms with Crippen LogP contribution < -0.4 is 5.32 Å². The fourth-order valence-corrected chi connectivity index (χ4v) is 3.03. The Balaban J connectivity index is 2.12. The Labute approximate surface area is 112 Å². The van der Waals surface area contributed by atoms with Crippen molar-refractivity contribution in [1.82, 2.24) is 5.32 Å². The van der Waals surface area contributed by atoms with Crippen LogP contribution in [0.1, 0.15) is 30.7 Å². The molecule has 1 heterocycles. The van der Waals surface area contributed by atoms with Crippen LogP contribution in [0.5, 0.6) is 0 Å². The van der Waals surface area contributed by atoms with Crippen molar-refractivity contribution in [2.24, 2.45) is 5.92 Å². The topological polar surface area (TPSA) is 32.3 Å². The van der Waals surface area contributed by atoms with Gasteiger partial charge in [-0.05, 0) is 61.9 Å². The van der Waals surface area contributed by atoms with Crippen molar-refractivity contribution in [2.45, 2.75) is 25.2 Å². The summed E-state index contributed by atoms with van der Waals surface area (Å²) in [6.45, 7) is 2.51. The Hall–Kier alpha value is -0.380. The molecule has 0 aromatic heterocycles. The summed E-state index contributed by atoms with van der Waals surface area (Å²) in [5.41, 5.74) is 1.37. The van der Waals surface area contributed by atoms with Crippen LogP contribution in [0.2, 0.25) is 0 Å². The van der Waals surface area contributed by atoms with Crippen LogP contribution in [-0.4, -0.2) is 24.8 Å². The molecule has 1 aliphatic heterocycles. The van der Waals surface area contributed by atoms with Crippen molar-refractivity contribution in [3.63, 3.8) is 0 Å². The van der Waals surface area contributed by atoms with E-state index in [0.717, 1.165) is 24.0 Å². The summed E-state index contributed by atoms with van der Waals surface area (Å²) in [5.74, 6) is 1.22. The van der Waals surface area contributed by atoms with E-state index in [9.17, 15) is 5.11 Å². The molecule has 2 nitrogen and oxygen atoms in total. The van der Waals surface area contributed by atoms with Crippen molar-refractivity contribution >= 4 is 15.9 Å². The number of aliphatic hydroxyl groups excluding tert-OH is 1. The molecular formula is C14H20BrNO. The summed E-state index contributed by atoms with van der Waals surface area (Å²) in [7, 11) is 0. The Morgan fingerprint density at radius 2 is 1.88 bits per heavy atom. The maximum Gasteiger partial charge on any atom is 0.0436 e. The molecule has 0 saturated carbocycles. The van der Waals surface area contributed by atoms with Crippen LogP contribution in [0.3, 0.4) is 0 Å². The van der Waals surface area contributed by atoms with Gasteiger partial charge in [0.1, 0.15) is 0 Å². The SMILES string of the molecule is OCCC(c1ccc(Br)cc1)C1CCNCC1. The monoisotopic (exact) mass is 297 g/mol. The van der Waals surface area contributed by atoms with E-state index in [1.54, 1.807) is 0 Å². The number of hydrogen-bond donors (Lipinski definition) is 2. The zero-order valence-corrected chi connectivity index (χ0v) is 11.6. The molecule has 1 aromatic carbocycles. The lowest BCUT2D eigenvalue weighted by atomic mass is 9.79. The summed E-state index contributed by atoms with van der Waals surface area (Å²) in [4.78, 5) is 0. The van der Waals surface area contributed by atoms with Crippen molar-refractivity contribution in [1.29, 1.82) is 0 Å². The second-order valence-electron chi connectivity index (χ2n) is 4.76. The third-order valence-corrected chi connectivity index (χ3v) is 4.22.